The van der Waals surface area contributed by atoms with Gasteiger partial charge in [-0.3, -0.25) is 19.1 Å². The molecule has 2 aromatic rings. The number of carbonyl (C=O) groups is 1. The maximum absolute atomic E-state index is 12.0. The zero-order valence-electron chi connectivity index (χ0n) is 15.1. The molecule has 3 atom stereocenters. The molecule has 3 rings (SSSR count). The first-order valence-electron chi connectivity index (χ1n) is 8.90. The lowest BCUT2D eigenvalue weighted by Crippen LogP contribution is -2.33. The Bertz CT molecular complexity index is 906. The third-order valence-electron chi connectivity index (χ3n) is 4.65. The quantitative estimate of drug-likeness (QED) is 0.686. The fraction of sp³-hybridized carbons (Fsp3) is 0.421. The van der Waals surface area contributed by atoms with Crippen LogP contribution in [0.5, 0.6) is 0 Å². The highest BCUT2D eigenvalue weighted by molar-refractivity contribution is 5.75. The Morgan fingerprint density at radius 1 is 1.33 bits per heavy atom. The molecule has 0 aliphatic carbocycles. The number of rotatable bonds is 6. The number of benzene rings is 1. The van der Waals surface area contributed by atoms with E-state index in [1.807, 2.05) is 30.3 Å². The van der Waals surface area contributed by atoms with E-state index in [0.717, 1.165) is 5.56 Å². The Morgan fingerprint density at radius 2 is 2.07 bits per heavy atom. The minimum Gasteiger partial charge on any atom is -0.390 e. The molecule has 3 N–H and O–H groups in total. The molecule has 0 radical (unpaired) electrons. The monoisotopic (exact) mass is 373 g/mol. The number of aliphatic hydroxyl groups is 1. The van der Waals surface area contributed by atoms with E-state index in [1.165, 1.54) is 10.8 Å². The van der Waals surface area contributed by atoms with E-state index in [1.54, 1.807) is 6.92 Å². The molecule has 1 aliphatic rings. The number of H-pyrrole nitrogens is 1. The van der Waals surface area contributed by atoms with E-state index >= 15 is 0 Å². The fourth-order valence-electron chi connectivity index (χ4n) is 3.10. The third-order valence-corrected chi connectivity index (χ3v) is 4.65. The highest BCUT2D eigenvalue weighted by atomic mass is 16.5. The Balaban J connectivity index is 1.53. The summed E-state index contributed by atoms with van der Waals surface area (Å²) >= 11 is 0. The van der Waals surface area contributed by atoms with E-state index < -0.39 is 29.7 Å². The third kappa shape index (κ3) is 4.72. The summed E-state index contributed by atoms with van der Waals surface area (Å²) in [4.78, 5) is 37.7. The number of aromatic nitrogens is 2. The minimum atomic E-state index is -0.781. The van der Waals surface area contributed by atoms with E-state index in [-0.39, 0.29) is 18.7 Å². The number of aryl methyl sites for hydroxylation is 1. The molecule has 0 spiro atoms. The summed E-state index contributed by atoms with van der Waals surface area (Å²) in [6.45, 7) is 2.04. The average molecular weight is 373 g/mol. The second-order valence-electron chi connectivity index (χ2n) is 6.71. The van der Waals surface area contributed by atoms with Gasteiger partial charge in [-0.25, -0.2) is 4.79 Å². The van der Waals surface area contributed by atoms with Gasteiger partial charge < -0.3 is 15.2 Å². The molecule has 1 aromatic carbocycles. The molecule has 8 nitrogen and oxygen atoms in total. The van der Waals surface area contributed by atoms with Gasteiger partial charge in [0.2, 0.25) is 5.91 Å². The van der Waals surface area contributed by atoms with E-state index in [0.29, 0.717) is 18.5 Å². The first-order valence-corrected chi connectivity index (χ1v) is 8.90. The van der Waals surface area contributed by atoms with Gasteiger partial charge >= 0.3 is 5.69 Å². The van der Waals surface area contributed by atoms with Crippen molar-refractivity contribution in [2.24, 2.45) is 0 Å². The normalized spacial score (nSPS) is 21.9. The van der Waals surface area contributed by atoms with Gasteiger partial charge in [0, 0.05) is 31.1 Å². The summed E-state index contributed by atoms with van der Waals surface area (Å²) < 4.78 is 7.03. The van der Waals surface area contributed by atoms with Crippen molar-refractivity contribution in [1.82, 2.24) is 14.9 Å². The average Bonchev–Trinajstić information content (AvgIpc) is 3.02. The summed E-state index contributed by atoms with van der Waals surface area (Å²) in [5.41, 5.74) is 0.373. The van der Waals surface area contributed by atoms with Crippen LogP contribution in [-0.2, 0) is 16.1 Å². The van der Waals surface area contributed by atoms with Crippen LogP contribution >= 0.6 is 0 Å². The van der Waals surface area contributed by atoms with E-state index in [4.69, 9.17) is 4.74 Å². The Kier molecular flexibility index (Phi) is 5.88. The van der Waals surface area contributed by atoms with Crippen LogP contribution in [0.1, 0.15) is 36.6 Å². The van der Waals surface area contributed by atoms with Crippen LogP contribution in [-0.4, -0.2) is 32.8 Å². The number of nitrogens with zero attached hydrogens (tertiary/aromatic N) is 1. The zero-order chi connectivity index (χ0) is 19.4. The first-order chi connectivity index (χ1) is 12.9. The molecule has 27 heavy (non-hydrogen) atoms. The number of nitrogens with one attached hydrogen (secondary N) is 2. The Hall–Kier alpha value is -2.71. The lowest BCUT2D eigenvalue weighted by Gasteiger charge is -2.16. The fourth-order valence-corrected chi connectivity index (χ4v) is 3.10. The van der Waals surface area contributed by atoms with Crippen LogP contribution in [0.25, 0.3) is 0 Å². The van der Waals surface area contributed by atoms with Crippen molar-refractivity contribution in [2.45, 2.75) is 51.2 Å². The molecule has 2 heterocycles. The summed E-state index contributed by atoms with van der Waals surface area (Å²) in [7, 11) is 0. The molecule has 0 bridgehead atoms. The maximum atomic E-state index is 12.0. The van der Waals surface area contributed by atoms with E-state index in [2.05, 4.69) is 10.3 Å². The van der Waals surface area contributed by atoms with Crippen LogP contribution in [0, 0.1) is 6.92 Å². The Morgan fingerprint density at radius 3 is 2.81 bits per heavy atom. The van der Waals surface area contributed by atoms with Crippen molar-refractivity contribution in [3.63, 3.8) is 0 Å². The number of ether oxygens (including phenoxy) is 1. The van der Waals surface area contributed by atoms with Gasteiger partial charge in [0.1, 0.15) is 6.23 Å². The summed E-state index contributed by atoms with van der Waals surface area (Å²) in [6, 6.07) is 9.59. The predicted octanol–water partition coefficient (Wildman–Crippen LogP) is 0.590. The van der Waals surface area contributed by atoms with Crippen molar-refractivity contribution in [1.29, 1.82) is 0 Å². The van der Waals surface area contributed by atoms with Crippen LogP contribution in [0.15, 0.2) is 46.1 Å². The van der Waals surface area contributed by atoms with Gasteiger partial charge in [-0.1, -0.05) is 30.3 Å². The number of carbonyl (C=O) groups excluding carboxylic acids is 1. The molecule has 144 valence electrons. The lowest BCUT2D eigenvalue weighted by molar-refractivity contribution is -0.122. The van der Waals surface area contributed by atoms with Gasteiger partial charge in [0.05, 0.1) is 12.2 Å². The van der Waals surface area contributed by atoms with Crippen molar-refractivity contribution < 1.29 is 14.6 Å². The van der Waals surface area contributed by atoms with Gasteiger partial charge in [0.25, 0.3) is 5.56 Å². The number of amides is 1. The molecular weight excluding hydrogens is 350 g/mol. The van der Waals surface area contributed by atoms with Crippen LogP contribution in [0.4, 0.5) is 0 Å². The standard InChI is InChI=1S/C19H23N3O5/c1-12-11-22(19(26)21-18(12)25)17-9-14(23)15(27-17)7-8-16(24)20-10-13-5-3-2-4-6-13/h2-6,11,14-15,17,23H,7-10H2,1H3,(H,20,24)(H,21,25,26)/t14-,15+,17+/m0/s1. The van der Waals surface area contributed by atoms with Crippen molar-refractivity contribution >= 4 is 5.91 Å². The molecular formula is C19H23N3O5. The topological polar surface area (TPSA) is 113 Å². The molecule has 1 aromatic heterocycles. The molecule has 1 amide bonds. The second kappa shape index (κ2) is 8.32. The summed E-state index contributed by atoms with van der Waals surface area (Å²) in [6.07, 6.45) is 0.207. The number of aliphatic hydroxyl groups excluding tert-OH is 1. The summed E-state index contributed by atoms with van der Waals surface area (Å²) in [5.74, 6) is -0.129. The first kappa shape index (κ1) is 19.1. The minimum absolute atomic E-state index is 0.129. The van der Waals surface area contributed by atoms with Gasteiger partial charge in [-0.2, -0.15) is 0 Å². The largest absolute Gasteiger partial charge is 0.390 e. The zero-order valence-corrected chi connectivity index (χ0v) is 15.1. The van der Waals surface area contributed by atoms with Crippen LogP contribution < -0.4 is 16.6 Å². The van der Waals surface area contributed by atoms with Gasteiger partial charge in [-0.05, 0) is 18.9 Å². The SMILES string of the molecule is Cc1cn([C@H]2C[C@H](O)[C@@H](CCC(=O)NCc3ccccc3)O2)c(=O)[nH]c1=O. The van der Waals surface area contributed by atoms with Crippen molar-refractivity contribution in [2.75, 3.05) is 0 Å². The van der Waals surface area contributed by atoms with Gasteiger partial charge in [0.15, 0.2) is 0 Å². The second-order valence-corrected chi connectivity index (χ2v) is 6.71. The molecule has 1 saturated heterocycles. The number of hydrogen-bond donors (Lipinski definition) is 3. The molecule has 1 fully saturated rings. The molecule has 0 saturated carbocycles. The van der Waals surface area contributed by atoms with Gasteiger partial charge in [-0.15, -0.1) is 0 Å². The van der Waals surface area contributed by atoms with Crippen LogP contribution in [0.3, 0.4) is 0 Å². The smallest absolute Gasteiger partial charge is 0.330 e. The summed E-state index contributed by atoms with van der Waals surface area (Å²) in [5, 5.41) is 13.0. The lowest BCUT2D eigenvalue weighted by atomic mass is 10.1. The number of aromatic amines is 1. The van der Waals surface area contributed by atoms with Crippen LogP contribution in [0.2, 0.25) is 0 Å². The Labute approximate surface area is 155 Å². The highest BCUT2D eigenvalue weighted by Gasteiger charge is 2.35. The predicted molar refractivity (Wildman–Crippen MR) is 98.1 cm³/mol. The van der Waals surface area contributed by atoms with Crippen molar-refractivity contribution in [3.8, 4) is 0 Å². The maximum Gasteiger partial charge on any atom is 0.330 e. The molecule has 1 aliphatic heterocycles. The number of hydrogen-bond acceptors (Lipinski definition) is 5. The van der Waals surface area contributed by atoms with Crippen molar-refractivity contribution in [3.05, 3.63) is 68.5 Å². The van der Waals surface area contributed by atoms with E-state index in [9.17, 15) is 19.5 Å². The molecule has 0 unspecified atom stereocenters. The highest BCUT2D eigenvalue weighted by Crippen LogP contribution is 2.30. The molecule has 8 heteroatoms.